The molecule has 0 aliphatic heterocycles. The van der Waals surface area contributed by atoms with Crippen LogP contribution >= 0.6 is 23.2 Å². The van der Waals surface area contributed by atoms with Gasteiger partial charge in [0.1, 0.15) is 0 Å². The van der Waals surface area contributed by atoms with Crippen LogP contribution in [0, 0.1) is 5.41 Å². The van der Waals surface area contributed by atoms with Gasteiger partial charge in [0.25, 0.3) is 5.91 Å². The molecule has 1 unspecified atom stereocenters. The normalized spacial score (nSPS) is 20.3. The van der Waals surface area contributed by atoms with Gasteiger partial charge in [-0.15, -0.1) is 0 Å². The van der Waals surface area contributed by atoms with Crippen LogP contribution in [0.2, 0.25) is 10.0 Å². The van der Waals surface area contributed by atoms with Crippen LogP contribution in [0.25, 0.3) is 0 Å². The highest BCUT2D eigenvalue weighted by molar-refractivity contribution is 6.42. The van der Waals surface area contributed by atoms with Gasteiger partial charge in [0.15, 0.2) is 0 Å². The van der Waals surface area contributed by atoms with Gasteiger partial charge in [0.05, 0.1) is 22.7 Å². The summed E-state index contributed by atoms with van der Waals surface area (Å²) in [6.45, 7) is 4.21. The average molecular weight is 607 g/mol. The smallest absolute Gasteiger partial charge is 0.302 e. The zero-order valence-corrected chi connectivity index (χ0v) is 26.4. The van der Waals surface area contributed by atoms with E-state index < -0.39 is 0 Å². The fourth-order valence-electron chi connectivity index (χ4n) is 7.18. The zero-order valence-electron chi connectivity index (χ0n) is 24.9. The first kappa shape index (κ1) is 30.6. The predicted molar refractivity (Wildman–Crippen MR) is 170 cm³/mol. The molecule has 3 atom stereocenters. The topological polar surface area (TPSA) is 46.6 Å². The number of amides is 1. The van der Waals surface area contributed by atoms with E-state index in [1.165, 1.54) is 50.2 Å². The molecule has 2 aliphatic rings. The van der Waals surface area contributed by atoms with Crippen LogP contribution in [-0.2, 0) is 9.53 Å². The quantitative estimate of drug-likeness (QED) is 0.240. The van der Waals surface area contributed by atoms with E-state index in [2.05, 4.69) is 43.3 Å². The minimum atomic E-state index is -0.253. The molecule has 42 heavy (non-hydrogen) atoms. The van der Waals surface area contributed by atoms with E-state index in [0.717, 1.165) is 30.4 Å². The molecule has 0 bridgehead atoms. The molecule has 0 aromatic heterocycles. The number of fused-ring (bicyclic) bond motifs is 1. The van der Waals surface area contributed by atoms with E-state index in [4.69, 9.17) is 27.9 Å². The number of esters is 1. The summed E-state index contributed by atoms with van der Waals surface area (Å²) >= 11 is 12.5. The standard InChI is InChI=1S/C36H41Cl2NO3/c1-24(40)42-23-28(22-36(2)19-7-4-8-20-36)25-11-13-26(14-12-25)35(41)39(3)34-18-16-29(30-9-5-6-10-31(30)34)27-15-17-32(37)33(38)21-27/h5-6,9-15,17,21,28-29,34H,4,7-8,16,18-20,22-23H2,1-3H3/t28-,29-,34?/m1/s1. The summed E-state index contributed by atoms with van der Waals surface area (Å²) in [4.78, 5) is 27.3. The molecule has 0 radical (unpaired) electrons. The van der Waals surface area contributed by atoms with Crippen molar-refractivity contribution in [2.45, 2.75) is 83.1 Å². The van der Waals surface area contributed by atoms with Gasteiger partial charge in [-0.2, -0.15) is 0 Å². The Labute approximate surface area is 260 Å². The van der Waals surface area contributed by atoms with Crippen molar-refractivity contribution < 1.29 is 14.3 Å². The van der Waals surface area contributed by atoms with Crippen LogP contribution in [0.15, 0.2) is 66.7 Å². The molecular weight excluding hydrogens is 565 g/mol. The monoisotopic (exact) mass is 605 g/mol. The molecule has 6 heteroatoms. The Hall–Kier alpha value is -2.82. The molecule has 3 aromatic rings. The number of halogens is 2. The Kier molecular flexibility index (Phi) is 9.64. The van der Waals surface area contributed by atoms with E-state index >= 15 is 0 Å². The van der Waals surface area contributed by atoms with Gasteiger partial charge in [-0.1, -0.05) is 91.9 Å². The molecule has 3 aromatic carbocycles. The second-order valence-corrected chi connectivity index (χ2v) is 13.4. The Morgan fingerprint density at radius 1 is 0.929 bits per heavy atom. The Balaban J connectivity index is 1.34. The molecule has 2 aliphatic carbocycles. The van der Waals surface area contributed by atoms with Crippen molar-refractivity contribution >= 4 is 35.1 Å². The summed E-state index contributed by atoms with van der Waals surface area (Å²) in [6, 6.07) is 22.2. The molecule has 0 spiro atoms. The van der Waals surface area contributed by atoms with Gasteiger partial charge < -0.3 is 9.64 Å². The highest BCUT2D eigenvalue weighted by atomic mass is 35.5. The number of carbonyl (C=O) groups is 2. The lowest BCUT2D eigenvalue weighted by atomic mass is 9.69. The first-order chi connectivity index (χ1) is 20.1. The largest absolute Gasteiger partial charge is 0.465 e. The van der Waals surface area contributed by atoms with Gasteiger partial charge in [0, 0.05) is 31.4 Å². The van der Waals surface area contributed by atoms with Crippen LogP contribution in [0.4, 0.5) is 0 Å². The SMILES string of the molecule is CC(=O)OC[C@@H](CC1(C)CCCCC1)c1ccc(C(=O)N(C)C2CC[C@H](c3ccc(Cl)c(Cl)c3)c3ccccc32)cc1. The summed E-state index contributed by atoms with van der Waals surface area (Å²) in [5, 5.41) is 1.12. The molecule has 0 heterocycles. The Morgan fingerprint density at radius 2 is 1.62 bits per heavy atom. The maximum atomic E-state index is 13.8. The van der Waals surface area contributed by atoms with Crippen LogP contribution in [0.1, 0.15) is 116 Å². The molecule has 5 rings (SSSR count). The van der Waals surface area contributed by atoms with E-state index in [1.807, 2.05) is 42.3 Å². The lowest BCUT2D eigenvalue weighted by molar-refractivity contribution is -0.141. The van der Waals surface area contributed by atoms with E-state index in [9.17, 15) is 9.59 Å². The molecule has 222 valence electrons. The van der Waals surface area contributed by atoms with E-state index in [0.29, 0.717) is 22.2 Å². The lowest BCUT2D eigenvalue weighted by Gasteiger charge is -2.37. The fraction of sp³-hybridized carbons (Fsp3) is 0.444. The van der Waals surface area contributed by atoms with Gasteiger partial charge in [-0.3, -0.25) is 9.59 Å². The van der Waals surface area contributed by atoms with Gasteiger partial charge in [-0.05, 0) is 84.0 Å². The van der Waals surface area contributed by atoms with Crippen molar-refractivity contribution in [1.82, 2.24) is 4.90 Å². The van der Waals surface area contributed by atoms with E-state index in [-0.39, 0.29) is 35.2 Å². The number of benzene rings is 3. The molecule has 1 amide bonds. The third-order valence-electron chi connectivity index (χ3n) is 9.51. The van der Waals surface area contributed by atoms with Crippen LogP contribution in [0.5, 0.6) is 0 Å². The van der Waals surface area contributed by atoms with Crippen molar-refractivity contribution in [2.75, 3.05) is 13.7 Å². The number of rotatable bonds is 8. The third-order valence-corrected chi connectivity index (χ3v) is 10.2. The Morgan fingerprint density at radius 3 is 2.29 bits per heavy atom. The number of hydrogen-bond donors (Lipinski definition) is 0. The molecule has 0 N–H and O–H groups in total. The average Bonchev–Trinajstić information content (AvgIpc) is 3.00. The minimum Gasteiger partial charge on any atom is -0.465 e. The van der Waals surface area contributed by atoms with Crippen molar-refractivity contribution in [2.24, 2.45) is 5.41 Å². The van der Waals surface area contributed by atoms with Gasteiger partial charge >= 0.3 is 5.97 Å². The van der Waals surface area contributed by atoms with Crippen molar-refractivity contribution in [3.8, 4) is 0 Å². The summed E-state index contributed by atoms with van der Waals surface area (Å²) in [6.07, 6.45) is 8.98. The van der Waals surface area contributed by atoms with Crippen LogP contribution in [0.3, 0.4) is 0 Å². The van der Waals surface area contributed by atoms with Gasteiger partial charge in [0.2, 0.25) is 0 Å². The molecule has 4 nitrogen and oxygen atoms in total. The van der Waals surface area contributed by atoms with Crippen molar-refractivity contribution in [3.63, 3.8) is 0 Å². The second kappa shape index (κ2) is 13.2. The molecule has 1 fully saturated rings. The van der Waals surface area contributed by atoms with Crippen molar-refractivity contribution in [1.29, 1.82) is 0 Å². The summed E-state index contributed by atoms with van der Waals surface area (Å²) in [5.41, 5.74) is 5.59. The minimum absolute atomic E-state index is 0.00474. The number of ether oxygens (including phenoxy) is 1. The first-order valence-corrected chi connectivity index (χ1v) is 15.9. The highest BCUT2D eigenvalue weighted by Crippen LogP contribution is 2.45. The molecule has 1 saturated carbocycles. The third kappa shape index (κ3) is 6.87. The summed E-state index contributed by atoms with van der Waals surface area (Å²) in [7, 11) is 1.91. The Bertz CT molecular complexity index is 1410. The van der Waals surface area contributed by atoms with Gasteiger partial charge in [-0.25, -0.2) is 0 Å². The lowest BCUT2D eigenvalue weighted by Crippen LogP contribution is -2.34. The maximum Gasteiger partial charge on any atom is 0.302 e. The maximum absolute atomic E-state index is 13.8. The van der Waals surface area contributed by atoms with Crippen LogP contribution in [-0.4, -0.2) is 30.4 Å². The van der Waals surface area contributed by atoms with Crippen LogP contribution < -0.4 is 0 Å². The second-order valence-electron chi connectivity index (χ2n) is 12.6. The number of carbonyl (C=O) groups excluding carboxylic acids is 2. The number of nitrogens with zero attached hydrogens (tertiary/aromatic N) is 1. The molecular formula is C36H41Cl2NO3. The zero-order chi connectivity index (χ0) is 29.9. The van der Waals surface area contributed by atoms with E-state index in [1.54, 1.807) is 0 Å². The predicted octanol–water partition coefficient (Wildman–Crippen LogP) is 9.74. The fourth-order valence-corrected chi connectivity index (χ4v) is 7.49. The summed E-state index contributed by atoms with van der Waals surface area (Å²) < 4.78 is 5.50. The number of hydrogen-bond acceptors (Lipinski definition) is 3. The highest BCUT2D eigenvalue weighted by Gasteiger charge is 2.34. The molecule has 0 saturated heterocycles. The summed E-state index contributed by atoms with van der Waals surface area (Å²) in [5.74, 6) is 0.0686. The van der Waals surface area contributed by atoms with Crippen molar-refractivity contribution in [3.05, 3.63) is 105 Å². The first-order valence-electron chi connectivity index (χ1n) is 15.2.